The van der Waals surface area contributed by atoms with Crippen LogP contribution < -0.4 is 5.73 Å². The zero-order chi connectivity index (χ0) is 10.7. The molecule has 1 atom stereocenters. The van der Waals surface area contributed by atoms with Crippen LogP contribution in [0.1, 0.15) is 23.7 Å². The zero-order valence-electron chi connectivity index (χ0n) is 8.07. The van der Waals surface area contributed by atoms with Crippen LogP contribution in [0.25, 0.3) is 0 Å². The van der Waals surface area contributed by atoms with Crippen molar-refractivity contribution in [2.24, 2.45) is 5.73 Å². The summed E-state index contributed by atoms with van der Waals surface area (Å²) in [4.78, 5) is 0. The molecule has 14 heavy (non-hydrogen) atoms. The number of phenols is 2. The minimum atomic E-state index is -0.778. The number of phenolic OH excluding ortho intramolecular Hbond substituents is 2. The van der Waals surface area contributed by atoms with Gasteiger partial charge in [0.2, 0.25) is 0 Å². The van der Waals surface area contributed by atoms with Crippen LogP contribution in [0.15, 0.2) is 12.1 Å². The molecule has 0 aromatic heterocycles. The van der Waals surface area contributed by atoms with Crippen LogP contribution >= 0.6 is 0 Å². The molecule has 4 heteroatoms. The lowest BCUT2D eigenvalue weighted by molar-refractivity contribution is 0.166. The first-order valence-electron chi connectivity index (χ1n) is 4.47. The second kappa shape index (κ2) is 4.30. The van der Waals surface area contributed by atoms with Gasteiger partial charge >= 0.3 is 0 Å². The molecule has 5 N–H and O–H groups in total. The number of aliphatic hydroxyl groups is 1. The molecular formula is C10H15NO3. The highest BCUT2D eigenvalue weighted by Crippen LogP contribution is 2.31. The number of aliphatic hydroxyl groups excluding tert-OH is 1. The van der Waals surface area contributed by atoms with Crippen molar-refractivity contribution in [3.05, 3.63) is 23.3 Å². The highest BCUT2D eigenvalue weighted by Gasteiger charge is 2.13. The molecule has 0 heterocycles. The summed E-state index contributed by atoms with van der Waals surface area (Å²) in [6.07, 6.45) is -0.392. The summed E-state index contributed by atoms with van der Waals surface area (Å²) in [5.41, 5.74) is 6.32. The van der Waals surface area contributed by atoms with E-state index in [4.69, 9.17) is 5.73 Å². The van der Waals surface area contributed by atoms with Crippen molar-refractivity contribution in [3.8, 4) is 11.5 Å². The number of hydrogen-bond donors (Lipinski definition) is 4. The van der Waals surface area contributed by atoms with Crippen LogP contribution in [-0.4, -0.2) is 21.9 Å². The van der Waals surface area contributed by atoms with Crippen molar-refractivity contribution in [2.75, 3.05) is 6.54 Å². The Morgan fingerprint density at radius 3 is 2.50 bits per heavy atom. The lowest BCUT2D eigenvalue weighted by Gasteiger charge is -2.13. The van der Waals surface area contributed by atoms with E-state index in [0.29, 0.717) is 24.1 Å². The Balaban J connectivity index is 3.02. The van der Waals surface area contributed by atoms with Gasteiger partial charge in [0.05, 0.1) is 6.10 Å². The molecule has 0 fully saturated rings. The Labute approximate surface area is 82.6 Å². The molecule has 0 radical (unpaired) electrons. The van der Waals surface area contributed by atoms with Crippen molar-refractivity contribution in [1.82, 2.24) is 0 Å². The van der Waals surface area contributed by atoms with Crippen LogP contribution in [0.3, 0.4) is 0 Å². The molecule has 0 aliphatic heterocycles. The minimum Gasteiger partial charge on any atom is -0.508 e. The minimum absolute atomic E-state index is 0.0196. The third kappa shape index (κ3) is 2.16. The molecule has 1 aromatic carbocycles. The number of hydrogen-bond acceptors (Lipinski definition) is 4. The van der Waals surface area contributed by atoms with Crippen molar-refractivity contribution in [1.29, 1.82) is 0 Å². The van der Waals surface area contributed by atoms with Crippen LogP contribution in [0.4, 0.5) is 0 Å². The lowest BCUT2D eigenvalue weighted by atomic mass is 10.0. The molecule has 0 aliphatic carbocycles. The van der Waals surface area contributed by atoms with E-state index in [2.05, 4.69) is 0 Å². The average molecular weight is 197 g/mol. The fraction of sp³-hybridized carbons (Fsp3) is 0.400. The zero-order valence-corrected chi connectivity index (χ0v) is 8.07. The van der Waals surface area contributed by atoms with Gasteiger partial charge in [-0.3, -0.25) is 0 Å². The average Bonchev–Trinajstić information content (AvgIpc) is 2.11. The topological polar surface area (TPSA) is 86.7 Å². The molecular weight excluding hydrogens is 182 g/mol. The van der Waals surface area contributed by atoms with E-state index in [9.17, 15) is 15.3 Å². The van der Waals surface area contributed by atoms with Crippen molar-refractivity contribution in [3.63, 3.8) is 0 Å². The maximum absolute atomic E-state index is 9.60. The summed E-state index contributed by atoms with van der Waals surface area (Å²) in [6, 6.07) is 2.79. The first-order valence-corrected chi connectivity index (χ1v) is 4.47. The largest absolute Gasteiger partial charge is 0.508 e. The number of aryl methyl sites for hydroxylation is 1. The summed E-state index contributed by atoms with van der Waals surface area (Å²) < 4.78 is 0. The molecule has 0 amide bonds. The number of benzene rings is 1. The highest BCUT2D eigenvalue weighted by atomic mass is 16.3. The van der Waals surface area contributed by atoms with Gasteiger partial charge in [-0.1, -0.05) is 0 Å². The second-order valence-corrected chi connectivity index (χ2v) is 3.29. The van der Waals surface area contributed by atoms with Gasteiger partial charge in [-0.2, -0.15) is 0 Å². The SMILES string of the molecule is Cc1cc(C(O)CCN)c(O)cc1O. The summed E-state index contributed by atoms with van der Waals surface area (Å²) in [6.45, 7) is 2.05. The molecule has 0 saturated heterocycles. The maximum atomic E-state index is 9.60. The lowest BCUT2D eigenvalue weighted by Crippen LogP contribution is -2.07. The van der Waals surface area contributed by atoms with Crippen molar-refractivity contribution in [2.45, 2.75) is 19.4 Å². The van der Waals surface area contributed by atoms with E-state index >= 15 is 0 Å². The smallest absolute Gasteiger partial charge is 0.125 e. The first-order chi connectivity index (χ1) is 6.56. The standard InChI is InChI=1S/C10H15NO3/c1-6-4-7(8(12)2-3-11)10(14)5-9(6)13/h4-5,8,12-14H,2-3,11H2,1H3. The molecule has 78 valence electrons. The van der Waals surface area contributed by atoms with Crippen molar-refractivity contribution < 1.29 is 15.3 Å². The molecule has 1 aromatic rings. The normalized spacial score (nSPS) is 12.8. The van der Waals surface area contributed by atoms with E-state index in [0.717, 1.165) is 0 Å². The van der Waals surface area contributed by atoms with Crippen molar-refractivity contribution >= 4 is 0 Å². The second-order valence-electron chi connectivity index (χ2n) is 3.29. The molecule has 4 nitrogen and oxygen atoms in total. The Morgan fingerprint density at radius 2 is 1.93 bits per heavy atom. The van der Waals surface area contributed by atoms with E-state index in [-0.39, 0.29) is 11.5 Å². The third-order valence-corrected chi connectivity index (χ3v) is 2.14. The van der Waals surface area contributed by atoms with Gasteiger partial charge in [0.25, 0.3) is 0 Å². The molecule has 1 unspecified atom stereocenters. The molecule has 0 spiro atoms. The fourth-order valence-corrected chi connectivity index (χ4v) is 1.29. The monoisotopic (exact) mass is 197 g/mol. The van der Waals surface area contributed by atoms with Crippen LogP contribution in [0, 0.1) is 6.92 Å². The van der Waals surface area contributed by atoms with E-state index in [1.807, 2.05) is 0 Å². The summed E-state index contributed by atoms with van der Waals surface area (Å²) in [7, 11) is 0. The Kier molecular flexibility index (Phi) is 3.33. The van der Waals surface area contributed by atoms with Crippen LogP contribution in [0.2, 0.25) is 0 Å². The third-order valence-electron chi connectivity index (χ3n) is 2.14. The maximum Gasteiger partial charge on any atom is 0.125 e. The van der Waals surface area contributed by atoms with E-state index in [1.54, 1.807) is 13.0 Å². The van der Waals surface area contributed by atoms with Gasteiger partial charge < -0.3 is 21.1 Å². The Bertz CT molecular complexity index is 325. The summed E-state index contributed by atoms with van der Waals surface area (Å²) in [5, 5.41) is 28.3. The van der Waals surface area contributed by atoms with E-state index in [1.165, 1.54) is 6.07 Å². The molecule has 0 saturated carbocycles. The Hall–Kier alpha value is -1.26. The van der Waals surface area contributed by atoms with Gasteiger partial charge in [0, 0.05) is 11.6 Å². The molecule has 0 bridgehead atoms. The van der Waals surface area contributed by atoms with Gasteiger partial charge in [-0.15, -0.1) is 0 Å². The fourth-order valence-electron chi connectivity index (χ4n) is 1.29. The van der Waals surface area contributed by atoms with Gasteiger partial charge in [0.15, 0.2) is 0 Å². The van der Waals surface area contributed by atoms with Crippen LogP contribution in [0.5, 0.6) is 11.5 Å². The number of aromatic hydroxyl groups is 2. The van der Waals surface area contributed by atoms with Gasteiger partial charge in [0.1, 0.15) is 11.5 Å². The summed E-state index contributed by atoms with van der Waals surface area (Å²) >= 11 is 0. The predicted octanol–water partition coefficient (Wildman–Crippen LogP) is 0.788. The first kappa shape index (κ1) is 10.8. The van der Waals surface area contributed by atoms with E-state index < -0.39 is 6.10 Å². The molecule has 1 rings (SSSR count). The predicted molar refractivity (Wildman–Crippen MR) is 53.1 cm³/mol. The summed E-state index contributed by atoms with van der Waals surface area (Å²) in [5.74, 6) is -0.0831. The number of rotatable bonds is 3. The molecule has 0 aliphatic rings. The van der Waals surface area contributed by atoms with Gasteiger partial charge in [-0.25, -0.2) is 0 Å². The number of nitrogens with two attached hydrogens (primary N) is 1. The van der Waals surface area contributed by atoms with Crippen LogP contribution in [-0.2, 0) is 0 Å². The quantitative estimate of drug-likeness (QED) is 0.577. The Morgan fingerprint density at radius 1 is 1.29 bits per heavy atom. The van der Waals surface area contributed by atoms with Gasteiger partial charge in [-0.05, 0) is 31.5 Å². The highest BCUT2D eigenvalue weighted by molar-refractivity contribution is 5.45.